The summed E-state index contributed by atoms with van der Waals surface area (Å²) < 4.78 is 13.3. The Hall–Kier alpha value is -2.16. The summed E-state index contributed by atoms with van der Waals surface area (Å²) in [4.78, 5) is 12.4. The SMILES string of the molecule is Nc1ccc(F)cc1C(=O)CC1CCCc2ccccc21. The van der Waals surface area contributed by atoms with Gasteiger partial charge in [-0.05, 0) is 54.5 Å². The Kier molecular flexibility index (Phi) is 3.74. The predicted octanol–water partition coefficient (Wildman–Crippen LogP) is 4.10. The first-order chi connectivity index (χ1) is 10.1. The lowest BCUT2D eigenvalue weighted by molar-refractivity contribution is 0.0971. The van der Waals surface area contributed by atoms with Gasteiger partial charge in [-0.1, -0.05) is 24.3 Å². The summed E-state index contributed by atoms with van der Waals surface area (Å²) in [6.07, 6.45) is 3.55. The summed E-state index contributed by atoms with van der Waals surface area (Å²) in [6.45, 7) is 0. The molecule has 0 bridgehead atoms. The van der Waals surface area contributed by atoms with Crippen LogP contribution in [0, 0.1) is 5.82 Å². The van der Waals surface area contributed by atoms with Crippen LogP contribution in [0.2, 0.25) is 0 Å². The Labute approximate surface area is 123 Å². The van der Waals surface area contributed by atoms with Crippen molar-refractivity contribution in [2.24, 2.45) is 0 Å². The first-order valence-corrected chi connectivity index (χ1v) is 7.31. The summed E-state index contributed by atoms with van der Waals surface area (Å²) in [7, 11) is 0. The van der Waals surface area contributed by atoms with Crippen LogP contribution >= 0.6 is 0 Å². The largest absolute Gasteiger partial charge is 0.398 e. The number of Topliss-reactive ketones (excluding diaryl/α,β-unsaturated/α-hetero) is 1. The molecule has 2 aromatic rings. The fourth-order valence-electron chi connectivity index (χ4n) is 3.17. The maximum atomic E-state index is 13.3. The molecule has 3 heteroatoms. The monoisotopic (exact) mass is 283 g/mol. The molecule has 1 aliphatic carbocycles. The zero-order chi connectivity index (χ0) is 14.8. The lowest BCUT2D eigenvalue weighted by Gasteiger charge is -2.25. The molecule has 1 aliphatic rings. The van der Waals surface area contributed by atoms with Crippen molar-refractivity contribution in [3.05, 3.63) is 65.0 Å². The molecule has 0 amide bonds. The van der Waals surface area contributed by atoms with E-state index in [4.69, 9.17) is 5.73 Å². The molecule has 0 aliphatic heterocycles. The number of hydrogen-bond acceptors (Lipinski definition) is 2. The van der Waals surface area contributed by atoms with Gasteiger partial charge in [0.2, 0.25) is 0 Å². The number of nitrogen functional groups attached to an aromatic ring is 1. The predicted molar refractivity (Wildman–Crippen MR) is 81.9 cm³/mol. The van der Waals surface area contributed by atoms with Crippen molar-refractivity contribution in [2.45, 2.75) is 31.6 Å². The Morgan fingerprint density at radius 1 is 1.24 bits per heavy atom. The molecule has 0 aromatic heterocycles. The third-order valence-corrected chi connectivity index (χ3v) is 4.24. The molecule has 0 saturated heterocycles. The Balaban J connectivity index is 1.84. The number of anilines is 1. The van der Waals surface area contributed by atoms with E-state index in [1.165, 1.54) is 29.3 Å². The zero-order valence-corrected chi connectivity index (χ0v) is 11.8. The molecule has 0 radical (unpaired) electrons. The molecule has 2 aromatic carbocycles. The van der Waals surface area contributed by atoms with Crippen LogP contribution in [0.5, 0.6) is 0 Å². The van der Waals surface area contributed by atoms with E-state index < -0.39 is 5.82 Å². The molecule has 108 valence electrons. The molecular weight excluding hydrogens is 265 g/mol. The molecule has 3 rings (SSSR count). The minimum atomic E-state index is -0.420. The van der Waals surface area contributed by atoms with Gasteiger partial charge in [0.15, 0.2) is 5.78 Å². The summed E-state index contributed by atoms with van der Waals surface area (Å²) in [5, 5.41) is 0. The fourth-order valence-corrected chi connectivity index (χ4v) is 3.17. The van der Waals surface area contributed by atoms with Crippen LogP contribution in [-0.4, -0.2) is 5.78 Å². The second kappa shape index (κ2) is 5.68. The highest BCUT2D eigenvalue weighted by Gasteiger charge is 2.23. The molecule has 1 unspecified atom stereocenters. The van der Waals surface area contributed by atoms with Crippen LogP contribution in [0.4, 0.5) is 10.1 Å². The number of hydrogen-bond donors (Lipinski definition) is 1. The number of rotatable bonds is 3. The van der Waals surface area contributed by atoms with Crippen molar-refractivity contribution < 1.29 is 9.18 Å². The average Bonchev–Trinajstić information content (AvgIpc) is 2.50. The first kappa shape index (κ1) is 13.8. The van der Waals surface area contributed by atoms with E-state index in [0.717, 1.165) is 19.3 Å². The number of halogens is 1. The minimum absolute atomic E-state index is 0.0753. The minimum Gasteiger partial charge on any atom is -0.398 e. The van der Waals surface area contributed by atoms with E-state index >= 15 is 0 Å². The van der Waals surface area contributed by atoms with E-state index in [0.29, 0.717) is 17.7 Å². The number of aryl methyl sites for hydroxylation is 1. The summed E-state index contributed by atoms with van der Waals surface area (Å²) >= 11 is 0. The van der Waals surface area contributed by atoms with Crippen LogP contribution in [0.25, 0.3) is 0 Å². The standard InChI is InChI=1S/C18H18FNO/c19-14-8-9-17(20)16(11-14)18(21)10-13-6-3-5-12-4-1-2-7-15(12)13/h1-2,4,7-9,11,13H,3,5-6,10,20H2. The molecule has 2 nitrogen and oxygen atoms in total. The van der Waals surface area contributed by atoms with Gasteiger partial charge in [0.05, 0.1) is 0 Å². The number of carbonyl (C=O) groups is 1. The third-order valence-electron chi connectivity index (χ3n) is 4.24. The highest BCUT2D eigenvalue weighted by molar-refractivity contribution is 6.01. The lowest BCUT2D eigenvalue weighted by Crippen LogP contribution is -2.15. The van der Waals surface area contributed by atoms with Gasteiger partial charge in [-0.2, -0.15) is 0 Å². The lowest BCUT2D eigenvalue weighted by atomic mass is 9.79. The molecule has 0 heterocycles. The quantitative estimate of drug-likeness (QED) is 0.680. The van der Waals surface area contributed by atoms with Gasteiger partial charge in [0.1, 0.15) is 5.82 Å². The highest BCUT2D eigenvalue weighted by atomic mass is 19.1. The van der Waals surface area contributed by atoms with Crippen LogP contribution in [0.1, 0.15) is 46.7 Å². The van der Waals surface area contributed by atoms with Gasteiger partial charge >= 0.3 is 0 Å². The fraction of sp³-hybridized carbons (Fsp3) is 0.278. The Morgan fingerprint density at radius 2 is 2.05 bits per heavy atom. The van der Waals surface area contributed by atoms with E-state index in [-0.39, 0.29) is 11.7 Å². The van der Waals surface area contributed by atoms with Crippen molar-refractivity contribution in [1.29, 1.82) is 0 Å². The molecule has 0 spiro atoms. The number of ketones is 1. The van der Waals surface area contributed by atoms with Gasteiger partial charge in [-0.25, -0.2) is 4.39 Å². The highest BCUT2D eigenvalue weighted by Crippen LogP contribution is 2.35. The zero-order valence-electron chi connectivity index (χ0n) is 11.8. The average molecular weight is 283 g/mol. The maximum absolute atomic E-state index is 13.3. The van der Waals surface area contributed by atoms with Gasteiger partial charge in [0, 0.05) is 17.7 Å². The second-order valence-electron chi connectivity index (χ2n) is 5.65. The molecule has 0 fully saturated rings. The van der Waals surface area contributed by atoms with E-state index in [1.54, 1.807) is 0 Å². The molecule has 2 N–H and O–H groups in total. The number of benzene rings is 2. The van der Waals surface area contributed by atoms with Crippen molar-refractivity contribution in [1.82, 2.24) is 0 Å². The molecule has 0 saturated carbocycles. The Morgan fingerprint density at radius 3 is 2.90 bits per heavy atom. The van der Waals surface area contributed by atoms with Crippen molar-refractivity contribution in [3.63, 3.8) is 0 Å². The molecule has 21 heavy (non-hydrogen) atoms. The van der Waals surface area contributed by atoms with Gasteiger partial charge in [0.25, 0.3) is 0 Å². The molecule has 1 atom stereocenters. The van der Waals surface area contributed by atoms with Crippen LogP contribution < -0.4 is 5.73 Å². The van der Waals surface area contributed by atoms with Crippen LogP contribution in [0.15, 0.2) is 42.5 Å². The van der Waals surface area contributed by atoms with Crippen molar-refractivity contribution in [2.75, 3.05) is 5.73 Å². The third kappa shape index (κ3) is 2.82. The molecular formula is C18H18FNO. The van der Waals surface area contributed by atoms with E-state index in [2.05, 4.69) is 12.1 Å². The smallest absolute Gasteiger partial charge is 0.165 e. The summed E-state index contributed by atoms with van der Waals surface area (Å²) in [5.74, 6) is -0.282. The second-order valence-corrected chi connectivity index (χ2v) is 5.65. The number of carbonyl (C=O) groups excluding carboxylic acids is 1. The van der Waals surface area contributed by atoms with Crippen LogP contribution in [0.3, 0.4) is 0 Å². The summed E-state index contributed by atoms with van der Waals surface area (Å²) in [5.41, 5.74) is 9.04. The van der Waals surface area contributed by atoms with Gasteiger partial charge in [-0.3, -0.25) is 4.79 Å². The Bertz CT molecular complexity index is 681. The topological polar surface area (TPSA) is 43.1 Å². The summed E-state index contributed by atoms with van der Waals surface area (Å²) in [6, 6.07) is 12.3. The number of fused-ring (bicyclic) bond motifs is 1. The normalized spacial score (nSPS) is 17.3. The first-order valence-electron chi connectivity index (χ1n) is 7.31. The number of nitrogens with two attached hydrogens (primary N) is 1. The van der Waals surface area contributed by atoms with E-state index in [1.807, 2.05) is 12.1 Å². The van der Waals surface area contributed by atoms with Crippen molar-refractivity contribution in [3.8, 4) is 0 Å². The van der Waals surface area contributed by atoms with Crippen molar-refractivity contribution >= 4 is 11.5 Å². The van der Waals surface area contributed by atoms with Gasteiger partial charge < -0.3 is 5.73 Å². The van der Waals surface area contributed by atoms with Crippen LogP contribution in [-0.2, 0) is 6.42 Å². The van der Waals surface area contributed by atoms with Gasteiger partial charge in [-0.15, -0.1) is 0 Å². The maximum Gasteiger partial charge on any atom is 0.165 e. The van der Waals surface area contributed by atoms with E-state index in [9.17, 15) is 9.18 Å².